The first-order chi connectivity index (χ1) is 9.34. The molecule has 1 rings (SSSR count). The number of phenolic OH excluding ortho intramolecular Hbond substituents is 1. The maximum atomic E-state index is 11.7. The van der Waals surface area contributed by atoms with Gasteiger partial charge in [0.05, 0.1) is 12.4 Å². The van der Waals surface area contributed by atoms with E-state index in [1.54, 1.807) is 0 Å². The van der Waals surface area contributed by atoms with Gasteiger partial charge < -0.3 is 14.9 Å². The number of rotatable bonds is 8. The fourth-order valence-corrected chi connectivity index (χ4v) is 2.64. The Balaban J connectivity index is 2.75. The van der Waals surface area contributed by atoms with E-state index in [0.717, 1.165) is 0 Å². The van der Waals surface area contributed by atoms with Crippen LogP contribution >= 0.6 is 0 Å². The molecule has 3 N–H and O–H groups in total. The highest BCUT2D eigenvalue weighted by molar-refractivity contribution is 7.89. The molecule has 0 radical (unpaired) electrons. The van der Waals surface area contributed by atoms with Crippen molar-refractivity contribution >= 4 is 16.0 Å². The second-order valence-corrected chi connectivity index (χ2v) is 6.06. The predicted octanol–water partition coefficient (Wildman–Crippen LogP) is -0.0463. The number of hydrogen-bond acceptors (Lipinski definition) is 5. The molecule has 0 aromatic heterocycles. The average Bonchev–Trinajstić information content (AvgIpc) is 2.38. The molecule has 0 aliphatic heterocycles. The van der Waals surface area contributed by atoms with Crippen molar-refractivity contribution in [3.8, 4) is 5.75 Å². The molecule has 0 spiro atoms. The number of carboxylic acid groups (broad SMARTS) is 1. The van der Waals surface area contributed by atoms with Crippen molar-refractivity contribution in [3.05, 3.63) is 29.8 Å². The van der Waals surface area contributed by atoms with Crippen molar-refractivity contribution in [2.24, 2.45) is 0 Å². The summed E-state index contributed by atoms with van der Waals surface area (Å²) in [6.07, 6.45) is -0.0121. The summed E-state index contributed by atoms with van der Waals surface area (Å²) in [5, 5.41) is 18.2. The Hall–Kier alpha value is -1.64. The number of sulfonamides is 1. The SMILES string of the molecule is COCCS(=O)(=O)N[C@H](Cc1ccc(O)cc1)C(=O)O. The summed E-state index contributed by atoms with van der Waals surface area (Å²) in [6, 6.07) is 4.63. The third-order valence-electron chi connectivity index (χ3n) is 2.55. The molecule has 0 fully saturated rings. The molecule has 20 heavy (non-hydrogen) atoms. The standard InChI is InChI=1S/C12H17NO6S/c1-19-6-7-20(17,18)13-11(12(15)16)8-9-2-4-10(14)5-3-9/h2-5,11,13-14H,6-8H2,1H3,(H,15,16)/t11-/m1/s1. The van der Waals surface area contributed by atoms with E-state index in [0.29, 0.717) is 5.56 Å². The van der Waals surface area contributed by atoms with Gasteiger partial charge in [0.25, 0.3) is 0 Å². The maximum Gasteiger partial charge on any atom is 0.322 e. The van der Waals surface area contributed by atoms with Gasteiger partial charge in [-0.05, 0) is 24.1 Å². The lowest BCUT2D eigenvalue weighted by atomic mass is 10.1. The van der Waals surface area contributed by atoms with Crippen LogP contribution in [0, 0.1) is 0 Å². The molecular formula is C12H17NO6S. The molecule has 1 atom stereocenters. The number of ether oxygens (including phenoxy) is 1. The van der Waals surface area contributed by atoms with E-state index in [2.05, 4.69) is 9.46 Å². The summed E-state index contributed by atoms with van der Waals surface area (Å²) in [6.45, 7) is -0.0130. The molecule has 0 unspecified atom stereocenters. The molecule has 112 valence electrons. The fourth-order valence-electron chi connectivity index (χ4n) is 1.52. The monoisotopic (exact) mass is 303 g/mol. The number of phenols is 1. The van der Waals surface area contributed by atoms with E-state index in [4.69, 9.17) is 10.2 Å². The third-order valence-corrected chi connectivity index (χ3v) is 3.90. The van der Waals surface area contributed by atoms with Gasteiger partial charge in [0, 0.05) is 7.11 Å². The van der Waals surface area contributed by atoms with Gasteiger partial charge in [0.2, 0.25) is 10.0 Å². The maximum absolute atomic E-state index is 11.7. The van der Waals surface area contributed by atoms with Crippen LogP contribution in [0.25, 0.3) is 0 Å². The molecule has 1 aromatic rings. The van der Waals surface area contributed by atoms with Gasteiger partial charge in [-0.3, -0.25) is 4.79 Å². The first kappa shape index (κ1) is 16.4. The van der Waals surface area contributed by atoms with Gasteiger partial charge in [-0.1, -0.05) is 12.1 Å². The number of aliphatic carboxylic acids is 1. The molecule has 0 saturated heterocycles. The van der Waals surface area contributed by atoms with Crippen LogP contribution in [-0.4, -0.2) is 50.1 Å². The second kappa shape index (κ2) is 7.22. The van der Waals surface area contributed by atoms with E-state index in [9.17, 15) is 13.2 Å². The van der Waals surface area contributed by atoms with Crippen LogP contribution in [0.2, 0.25) is 0 Å². The zero-order chi connectivity index (χ0) is 15.2. The smallest absolute Gasteiger partial charge is 0.322 e. The van der Waals surface area contributed by atoms with Crippen LogP contribution in [0.4, 0.5) is 0 Å². The number of hydrogen-bond donors (Lipinski definition) is 3. The van der Waals surface area contributed by atoms with Crippen molar-refractivity contribution < 1.29 is 28.2 Å². The Morgan fingerprint density at radius 3 is 2.45 bits per heavy atom. The largest absolute Gasteiger partial charge is 0.508 e. The summed E-state index contributed by atoms with van der Waals surface area (Å²) >= 11 is 0. The minimum absolute atomic E-state index is 0.0121. The first-order valence-electron chi connectivity index (χ1n) is 5.83. The van der Waals surface area contributed by atoms with Crippen molar-refractivity contribution in [1.82, 2.24) is 4.72 Å². The molecule has 8 heteroatoms. The van der Waals surface area contributed by atoms with Crippen LogP contribution in [0.15, 0.2) is 24.3 Å². The minimum Gasteiger partial charge on any atom is -0.508 e. The van der Waals surface area contributed by atoms with Gasteiger partial charge in [0.15, 0.2) is 0 Å². The van der Waals surface area contributed by atoms with Crippen molar-refractivity contribution in [2.45, 2.75) is 12.5 Å². The highest BCUT2D eigenvalue weighted by Gasteiger charge is 2.24. The van der Waals surface area contributed by atoms with Crippen LogP contribution in [0.1, 0.15) is 5.56 Å². The highest BCUT2D eigenvalue weighted by atomic mass is 32.2. The molecule has 0 saturated carbocycles. The Morgan fingerprint density at radius 2 is 1.95 bits per heavy atom. The molecule has 0 aliphatic rings. The summed E-state index contributed by atoms with van der Waals surface area (Å²) < 4.78 is 30.1. The number of carboxylic acids is 1. The zero-order valence-corrected chi connectivity index (χ0v) is 11.8. The summed E-state index contributed by atoms with van der Waals surface area (Å²) in [4.78, 5) is 11.1. The summed E-state index contributed by atoms with van der Waals surface area (Å²) in [7, 11) is -2.36. The Kier molecular flexibility index (Phi) is 5.93. The average molecular weight is 303 g/mol. The molecule has 0 amide bonds. The third kappa shape index (κ3) is 5.55. The molecule has 1 aromatic carbocycles. The van der Waals surface area contributed by atoms with E-state index in [-0.39, 0.29) is 24.5 Å². The number of nitrogens with one attached hydrogen (secondary N) is 1. The first-order valence-corrected chi connectivity index (χ1v) is 7.49. The molecule has 0 bridgehead atoms. The Morgan fingerprint density at radius 1 is 1.35 bits per heavy atom. The van der Waals surface area contributed by atoms with E-state index >= 15 is 0 Å². The molecular weight excluding hydrogens is 286 g/mol. The summed E-state index contributed by atoms with van der Waals surface area (Å²) in [5.74, 6) is -1.51. The lowest BCUT2D eigenvalue weighted by Gasteiger charge is -2.14. The van der Waals surface area contributed by atoms with Crippen LogP contribution < -0.4 is 4.72 Å². The predicted molar refractivity (Wildman–Crippen MR) is 72.0 cm³/mol. The Bertz CT molecular complexity index is 540. The Labute approximate surface area is 117 Å². The van der Waals surface area contributed by atoms with Gasteiger partial charge in [0.1, 0.15) is 11.8 Å². The lowest BCUT2D eigenvalue weighted by Crippen LogP contribution is -2.43. The van der Waals surface area contributed by atoms with Gasteiger partial charge in [-0.15, -0.1) is 0 Å². The van der Waals surface area contributed by atoms with Gasteiger partial charge in [-0.2, -0.15) is 0 Å². The number of aromatic hydroxyl groups is 1. The van der Waals surface area contributed by atoms with Crippen LogP contribution in [0.5, 0.6) is 5.75 Å². The lowest BCUT2D eigenvalue weighted by molar-refractivity contribution is -0.138. The van der Waals surface area contributed by atoms with Crippen molar-refractivity contribution in [2.75, 3.05) is 19.5 Å². The van der Waals surface area contributed by atoms with E-state index in [1.807, 2.05) is 0 Å². The fraction of sp³-hybridized carbons (Fsp3) is 0.417. The topological polar surface area (TPSA) is 113 Å². The van der Waals surface area contributed by atoms with E-state index in [1.165, 1.54) is 31.4 Å². The number of benzene rings is 1. The number of methoxy groups -OCH3 is 1. The zero-order valence-electron chi connectivity index (χ0n) is 10.9. The highest BCUT2D eigenvalue weighted by Crippen LogP contribution is 2.11. The van der Waals surface area contributed by atoms with Gasteiger partial charge in [-0.25, -0.2) is 13.1 Å². The molecule has 0 aliphatic carbocycles. The van der Waals surface area contributed by atoms with Crippen LogP contribution in [0.3, 0.4) is 0 Å². The molecule has 7 nitrogen and oxygen atoms in total. The second-order valence-electron chi connectivity index (χ2n) is 4.19. The number of carbonyl (C=O) groups is 1. The normalized spacial score (nSPS) is 13.1. The van der Waals surface area contributed by atoms with Crippen LogP contribution in [-0.2, 0) is 26.0 Å². The minimum atomic E-state index is -3.72. The van der Waals surface area contributed by atoms with Gasteiger partial charge >= 0.3 is 5.97 Å². The summed E-state index contributed by atoms with van der Waals surface area (Å²) in [5.41, 5.74) is 0.602. The van der Waals surface area contributed by atoms with Crippen molar-refractivity contribution in [1.29, 1.82) is 0 Å². The van der Waals surface area contributed by atoms with E-state index < -0.39 is 22.0 Å². The molecule has 0 heterocycles. The van der Waals surface area contributed by atoms with Crippen molar-refractivity contribution in [3.63, 3.8) is 0 Å². The quantitative estimate of drug-likeness (QED) is 0.621.